The molecule has 0 fully saturated rings. The molecule has 1 aromatic carbocycles. The van der Waals surface area contributed by atoms with Crippen molar-refractivity contribution in [1.82, 2.24) is 5.16 Å². The van der Waals surface area contributed by atoms with Gasteiger partial charge in [-0.2, -0.15) is 0 Å². The lowest BCUT2D eigenvalue weighted by molar-refractivity contribution is 0.400. The van der Waals surface area contributed by atoms with Crippen LogP contribution >= 0.6 is 11.8 Å². The van der Waals surface area contributed by atoms with Gasteiger partial charge in [-0.25, -0.2) is 9.95 Å². The van der Waals surface area contributed by atoms with Crippen LogP contribution in [-0.4, -0.2) is 11.4 Å². The molecule has 0 aliphatic rings. The quantitative estimate of drug-likeness (QED) is 0.683. The van der Waals surface area contributed by atoms with E-state index >= 15 is 0 Å². The summed E-state index contributed by atoms with van der Waals surface area (Å²) < 4.78 is 4.62. The number of thioether (sulfide) groups is 1. The van der Waals surface area contributed by atoms with E-state index in [4.69, 9.17) is 0 Å². The fraction of sp³-hybridized carbons (Fsp3) is 0.125. The van der Waals surface area contributed by atoms with E-state index in [1.54, 1.807) is 11.8 Å². The van der Waals surface area contributed by atoms with Crippen LogP contribution in [-0.2, 0) is 0 Å². The second-order valence-corrected chi connectivity index (χ2v) is 3.28. The molecular formula is C8H7NO2S. The maximum absolute atomic E-state index is 11.0. The normalized spacial score (nSPS) is 10.8. The van der Waals surface area contributed by atoms with Crippen molar-refractivity contribution in [3.05, 3.63) is 28.6 Å². The van der Waals surface area contributed by atoms with Crippen LogP contribution in [0.25, 0.3) is 10.9 Å². The summed E-state index contributed by atoms with van der Waals surface area (Å²) in [7, 11) is 0. The van der Waals surface area contributed by atoms with E-state index in [0.29, 0.717) is 5.39 Å². The number of rotatable bonds is 1. The van der Waals surface area contributed by atoms with Gasteiger partial charge in [0.05, 0.1) is 10.9 Å². The Balaban J connectivity index is 2.80. The molecule has 12 heavy (non-hydrogen) atoms. The summed E-state index contributed by atoms with van der Waals surface area (Å²) in [6, 6.07) is 5.60. The van der Waals surface area contributed by atoms with Crippen molar-refractivity contribution in [1.29, 1.82) is 0 Å². The predicted octanol–water partition coefficient (Wildman–Crippen LogP) is 1.84. The van der Waals surface area contributed by atoms with Gasteiger partial charge in [0.2, 0.25) is 0 Å². The van der Waals surface area contributed by atoms with Crippen LogP contribution in [0.2, 0.25) is 0 Å². The molecule has 0 amide bonds. The van der Waals surface area contributed by atoms with E-state index in [9.17, 15) is 4.79 Å². The fourth-order valence-corrected chi connectivity index (χ4v) is 1.50. The van der Waals surface area contributed by atoms with Gasteiger partial charge in [0.25, 0.3) is 0 Å². The lowest BCUT2D eigenvalue weighted by Gasteiger charge is -1.92. The number of fused-ring (bicyclic) bond motifs is 1. The van der Waals surface area contributed by atoms with Crippen molar-refractivity contribution in [3.63, 3.8) is 0 Å². The summed E-state index contributed by atoms with van der Waals surface area (Å²) in [6.07, 6.45) is 1.97. The van der Waals surface area contributed by atoms with Crippen molar-refractivity contribution < 1.29 is 4.52 Å². The number of benzene rings is 1. The molecule has 2 aromatic rings. The molecule has 1 aromatic heterocycles. The summed E-state index contributed by atoms with van der Waals surface area (Å²) in [5.74, 6) is 0. The lowest BCUT2D eigenvalue weighted by Crippen LogP contribution is -1.90. The van der Waals surface area contributed by atoms with E-state index in [-0.39, 0.29) is 5.63 Å². The zero-order chi connectivity index (χ0) is 8.55. The van der Waals surface area contributed by atoms with Crippen LogP contribution in [0.3, 0.4) is 0 Å². The minimum Gasteiger partial charge on any atom is -0.338 e. The monoisotopic (exact) mass is 181 g/mol. The van der Waals surface area contributed by atoms with Crippen molar-refractivity contribution in [2.75, 3.05) is 6.26 Å². The lowest BCUT2D eigenvalue weighted by atomic mass is 10.3. The van der Waals surface area contributed by atoms with Gasteiger partial charge in [-0.15, -0.1) is 11.8 Å². The molecule has 0 radical (unpaired) electrons. The molecule has 0 spiro atoms. The first-order chi connectivity index (χ1) is 5.81. The van der Waals surface area contributed by atoms with E-state index in [1.807, 2.05) is 24.5 Å². The molecule has 0 unspecified atom stereocenters. The highest BCUT2D eigenvalue weighted by Gasteiger charge is 2.02. The van der Waals surface area contributed by atoms with Gasteiger partial charge >= 0.3 is 5.63 Å². The average Bonchev–Trinajstić information content (AvgIpc) is 2.47. The van der Waals surface area contributed by atoms with E-state index in [0.717, 1.165) is 10.4 Å². The van der Waals surface area contributed by atoms with Gasteiger partial charge in [-0.1, -0.05) is 0 Å². The Morgan fingerprint density at radius 2 is 2.33 bits per heavy atom. The Morgan fingerprint density at radius 3 is 3.08 bits per heavy atom. The molecule has 1 heterocycles. The molecule has 2 rings (SSSR count). The number of hydrogen-bond donors (Lipinski definition) is 1. The second-order valence-electron chi connectivity index (χ2n) is 2.40. The summed E-state index contributed by atoms with van der Waals surface area (Å²) >= 11 is 1.60. The molecule has 0 saturated carbocycles. The highest BCUT2D eigenvalue weighted by atomic mass is 32.2. The molecule has 0 atom stereocenters. The van der Waals surface area contributed by atoms with Gasteiger partial charge in [0.1, 0.15) is 0 Å². The molecule has 4 heteroatoms. The van der Waals surface area contributed by atoms with Crippen LogP contribution in [0.1, 0.15) is 0 Å². The Hall–Kier alpha value is -1.16. The number of nitrogens with one attached hydrogen (secondary N) is 1. The summed E-state index contributed by atoms with van der Waals surface area (Å²) in [4.78, 5) is 12.1. The minimum absolute atomic E-state index is 0.305. The highest BCUT2D eigenvalue weighted by Crippen LogP contribution is 2.18. The first-order valence-corrected chi connectivity index (χ1v) is 4.69. The van der Waals surface area contributed by atoms with Crippen molar-refractivity contribution >= 4 is 22.7 Å². The van der Waals surface area contributed by atoms with E-state index in [2.05, 4.69) is 9.68 Å². The molecule has 0 aliphatic heterocycles. The third kappa shape index (κ3) is 1.04. The zero-order valence-corrected chi connectivity index (χ0v) is 7.27. The van der Waals surface area contributed by atoms with Gasteiger partial charge in [0.15, 0.2) is 0 Å². The smallest absolute Gasteiger partial charge is 0.338 e. The standard InChI is InChI=1S/C8H7NO2S/c1-12-5-2-3-7-6(4-5)8(10)11-9-7/h2-4,9H,1H3. The van der Waals surface area contributed by atoms with Gasteiger partial charge in [0, 0.05) is 4.90 Å². The predicted molar refractivity (Wildman–Crippen MR) is 48.6 cm³/mol. The Morgan fingerprint density at radius 1 is 1.50 bits per heavy atom. The fourth-order valence-electron chi connectivity index (χ4n) is 1.06. The number of aromatic amines is 1. The molecule has 62 valence electrons. The minimum atomic E-state index is -0.305. The van der Waals surface area contributed by atoms with Gasteiger partial charge in [-0.05, 0) is 24.5 Å². The number of hydrogen-bond acceptors (Lipinski definition) is 3. The number of aromatic nitrogens is 1. The Kier molecular flexibility index (Phi) is 1.69. The van der Waals surface area contributed by atoms with E-state index < -0.39 is 0 Å². The first-order valence-electron chi connectivity index (χ1n) is 3.46. The third-order valence-corrected chi connectivity index (χ3v) is 2.43. The van der Waals surface area contributed by atoms with Crippen LogP contribution in [0.5, 0.6) is 0 Å². The number of H-pyrrole nitrogens is 1. The van der Waals surface area contributed by atoms with Crippen LogP contribution in [0, 0.1) is 0 Å². The summed E-state index contributed by atoms with van der Waals surface area (Å²) in [5.41, 5.74) is 0.443. The molecule has 0 saturated heterocycles. The molecule has 1 N–H and O–H groups in total. The second kappa shape index (κ2) is 2.71. The average molecular weight is 181 g/mol. The largest absolute Gasteiger partial charge is 0.365 e. The SMILES string of the molecule is CSc1ccc2[nH]oc(=O)c2c1. The van der Waals surface area contributed by atoms with Crippen molar-refractivity contribution in [3.8, 4) is 0 Å². The van der Waals surface area contributed by atoms with Gasteiger partial charge in [-0.3, -0.25) is 0 Å². The van der Waals surface area contributed by atoms with Crippen LogP contribution in [0.4, 0.5) is 0 Å². The molecule has 3 nitrogen and oxygen atoms in total. The van der Waals surface area contributed by atoms with Gasteiger partial charge < -0.3 is 4.52 Å². The highest BCUT2D eigenvalue weighted by molar-refractivity contribution is 7.98. The third-order valence-electron chi connectivity index (χ3n) is 1.70. The maximum atomic E-state index is 11.0. The Labute approximate surface area is 72.7 Å². The molecule has 0 aliphatic carbocycles. The summed E-state index contributed by atoms with van der Waals surface area (Å²) in [6.45, 7) is 0. The van der Waals surface area contributed by atoms with E-state index in [1.165, 1.54) is 0 Å². The molecular weight excluding hydrogens is 174 g/mol. The molecule has 0 bridgehead atoms. The van der Waals surface area contributed by atoms with Crippen molar-refractivity contribution in [2.45, 2.75) is 4.90 Å². The van der Waals surface area contributed by atoms with Crippen LogP contribution in [0.15, 0.2) is 32.4 Å². The maximum Gasteiger partial charge on any atom is 0.365 e. The first kappa shape index (κ1) is 7.49. The Bertz CT molecular complexity index is 457. The zero-order valence-electron chi connectivity index (χ0n) is 6.46. The van der Waals surface area contributed by atoms with Crippen molar-refractivity contribution in [2.24, 2.45) is 0 Å². The topological polar surface area (TPSA) is 46.0 Å². The summed E-state index contributed by atoms with van der Waals surface area (Å²) in [5, 5.41) is 3.16. The van der Waals surface area contributed by atoms with Crippen LogP contribution < -0.4 is 5.63 Å².